The lowest BCUT2D eigenvalue weighted by atomic mass is 10.2. The molecular formula is C15H9BrIN3O2. The SMILES string of the molecule is O=C(Nc1nnc(-c2ccc(Br)cc2)o1)c1ccccc1I. The second kappa shape index (κ2) is 6.57. The van der Waals surface area contributed by atoms with Crippen molar-refractivity contribution in [2.45, 2.75) is 0 Å². The van der Waals surface area contributed by atoms with E-state index in [1.54, 1.807) is 12.1 Å². The van der Waals surface area contributed by atoms with E-state index in [0.29, 0.717) is 11.5 Å². The highest BCUT2D eigenvalue weighted by Gasteiger charge is 2.14. The fourth-order valence-corrected chi connectivity index (χ4v) is 2.69. The van der Waals surface area contributed by atoms with Crippen LogP contribution in [0.15, 0.2) is 57.4 Å². The third-order valence-electron chi connectivity index (χ3n) is 2.86. The number of carbonyl (C=O) groups is 1. The van der Waals surface area contributed by atoms with Crippen LogP contribution in [-0.2, 0) is 0 Å². The lowest BCUT2D eigenvalue weighted by Crippen LogP contribution is -2.13. The van der Waals surface area contributed by atoms with E-state index in [1.165, 1.54) is 0 Å². The molecule has 7 heteroatoms. The Kier molecular flexibility index (Phi) is 4.53. The minimum absolute atomic E-state index is 0.0718. The molecule has 0 aliphatic carbocycles. The zero-order valence-electron chi connectivity index (χ0n) is 11.1. The number of carbonyl (C=O) groups excluding carboxylic acids is 1. The van der Waals surface area contributed by atoms with Crippen LogP contribution in [-0.4, -0.2) is 16.1 Å². The molecule has 1 heterocycles. The highest BCUT2D eigenvalue weighted by molar-refractivity contribution is 14.1. The summed E-state index contributed by atoms with van der Waals surface area (Å²) in [5.74, 6) is 0.0709. The molecule has 0 aliphatic rings. The first-order valence-electron chi connectivity index (χ1n) is 6.29. The van der Waals surface area contributed by atoms with Gasteiger partial charge in [-0.15, -0.1) is 5.10 Å². The van der Waals surface area contributed by atoms with Crippen LogP contribution >= 0.6 is 38.5 Å². The van der Waals surface area contributed by atoms with Crippen molar-refractivity contribution in [3.05, 3.63) is 62.1 Å². The number of nitrogens with one attached hydrogen (secondary N) is 1. The maximum absolute atomic E-state index is 12.2. The fourth-order valence-electron chi connectivity index (χ4n) is 1.79. The van der Waals surface area contributed by atoms with Crippen LogP contribution in [0.4, 0.5) is 6.01 Å². The molecule has 1 N–H and O–H groups in total. The second-order valence-electron chi connectivity index (χ2n) is 4.35. The summed E-state index contributed by atoms with van der Waals surface area (Å²) >= 11 is 5.47. The molecule has 5 nitrogen and oxygen atoms in total. The summed E-state index contributed by atoms with van der Waals surface area (Å²) in [4.78, 5) is 12.2. The van der Waals surface area contributed by atoms with Gasteiger partial charge in [0.05, 0.1) is 5.56 Å². The van der Waals surface area contributed by atoms with Gasteiger partial charge in [0.2, 0.25) is 5.89 Å². The van der Waals surface area contributed by atoms with Crippen molar-refractivity contribution in [1.29, 1.82) is 0 Å². The molecule has 2 aromatic carbocycles. The molecule has 0 radical (unpaired) electrons. The minimum Gasteiger partial charge on any atom is -0.403 e. The van der Waals surface area contributed by atoms with Crippen molar-refractivity contribution in [3.63, 3.8) is 0 Å². The topological polar surface area (TPSA) is 68.0 Å². The van der Waals surface area contributed by atoms with Gasteiger partial charge in [-0.25, -0.2) is 0 Å². The summed E-state index contributed by atoms with van der Waals surface area (Å²) in [6, 6.07) is 14.8. The highest BCUT2D eigenvalue weighted by atomic mass is 127. The fraction of sp³-hybridized carbons (Fsp3) is 0. The predicted octanol–water partition coefficient (Wildman–Crippen LogP) is 4.36. The van der Waals surface area contributed by atoms with E-state index in [4.69, 9.17) is 4.42 Å². The summed E-state index contributed by atoms with van der Waals surface area (Å²) in [7, 11) is 0. The molecule has 3 rings (SSSR count). The van der Waals surface area contributed by atoms with E-state index in [9.17, 15) is 4.79 Å². The predicted molar refractivity (Wildman–Crippen MR) is 94.5 cm³/mol. The van der Waals surface area contributed by atoms with Crippen LogP contribution in [0.25, 0.3) is 11.5 Å². The molecule has 0 spiro atoms. The first kappa shape index (κ1) is 15.2. The van der Waals surface area contributed by atoms with E-state index in [-0.39, 0.29) is 11.9 Å². The minimum atomic E-state index is -0.281. The van der Waals surface area contributed by atoms with Crippen LogP contribution in [0.3, 0.4) is 0 Å². The summed E-state index contributed by atoms with van der Waals surface area (Å²) in [5, 5.41) is 10.4. The van der Waals surface area contributed by atoms with Crippen LogP contribution in [0, 0.1) is 3.57 Å². The second-order valence-corrected chi connectivity index (χ2v) is 6.43. The van der Waals surface area contributed by atoms with E-state index in [1.807, 2.05) is 36.4 Å². The monoisotopic (exact) mass is 469 g/mol. The number of rotatable bonds is 3. The van der Waals surface area contributed by atoms with Gasteiger partial charge in [0.1, 0.15) is 0 Å². The standard InChI is InChI=1S/C15H9BrIN3O2/c16-10-7-5-9(6-8-10)14-19-20-15(22-14)18-13(21)11-3-1-2-4-12(11)17/h1-8H,(H,18,20,21). The smallest absolute Gasteiger partial charge is 0.322 e. The van der Waals surface area contributed by atoms with Crippen LogP contribution in [0.1, 0.15) is 10.4 Å². The molecule has 0 fully saturated rings. The summed E-state index contributed by atoms with van der Waals surface area (Å²) in [6.07, 6.45) is 0. The number of hydrogen-bond donors (Lipinski definition) is 1. The molecule has 1 aromatic heterocycles. The van der Waals surface area contributed by atoms with E-state index < -0.39 is 0 Å². The molecule has 1 amide bonds. The number of aromatic nitrogens is 2. The Morgan fingerprint density at radius 1 is 1.09 bits per heavy atom. The third kappa shape index (κ3) is 3.36. The first-order chi connectivity index (χ1) is 10.6. The zero-order valence-corrected chi connectivity index (χ0v) is 14.8. The van der Waals surface area contributed by atoms with Gasteiger partial charge in [0, 0.05) is 13.6 Å². The van der Waals surface area contributed by atoms with Gasteiger partial charge in [-0.05, 0) is 59.0 Å². The molecular weight excluding hydrogens is 461 g/mol. The number of nitrogens with zero attached hydrogens (tertiary/aromatic N) is 2. The third-order valence-corrected chi connectivity index (χ3v) is 4.32. The first-order valence-corrected chi connectivity index (χ1v) is 8.16. The number of amides is 1. The average molecular weight is 470 g/mol. The highest BCUT2D eigenvalue weighted by Crippen LogP contribution is 2.22. The largest absolute Gasteiger partial charge is 0.403 e. The maximum atomic E-state index is 12.2. The van der Waals surface area contributed by atoms with Crippen LogP contribution < -0.4 is 5.32 Å². The molecule has 22 heavy (non-hydrogen) atoms. The maximum Gasteiger partial charge on any atom is 0.322 e. The average Bonchev–Trinajstić information content (AvgIpc) is 2.97. The number of benzene rings is 2. The molecule has 0 saturated heterocycles. The van der Waals surface area contributed by atoms with Crippen molar-refractivity contribution in [2.75, 3.05) is 5.32 Å². The van der Waals surface area contributed by atoms with Gasteiger partial charge >= 0.3 is 6.01 Å². The Hall–Kier alpha value is -1.74. The number of hydrogen-bond acceptors (Lipinski definition) is 4. The Balaban J connectivity index is 1.78. The Morgan fingerprint density at radius 3 is 2.55 bits per heavy atom. The Labute approximate surface area is 148 Å². The van der Waals surface area contributed by atoms with Crippen molar-refractivity contribution >= 4 is 50.4 Å². The number of halogens is 2. The van der Waals surface area contributed by atoms with E-state index in [0.717, 1.165) is 13.6 Å². The van der Waals surface area contributed by atoms with Gasteiger partial charge in [-0.1, -0.05) is 33.2 Å². The zero-order chi connectivity index (χ0) is 15.5. The van der Waals surface area contributed by atoms with Gasteiger partial charge < -0.3 is 4.42 Å². The molecule has 0 saturated carbocycles. The Morgan fingerprint density at radius 2 is 1.82 bits per heavy atom. The normalized spacial score (nSPS) is 10.5. The van der Waals surface area contributed by atoms with Crippen molar-refractivity contribution in [1.82, 2.24) is 10.2 Å². The van der Waals surface area contributed by atoms with E-state index >= 15 is 0 Å². The summed E-state index contributed by atoms with van der Waals surface area (Å²) < 4.78 is 7.28. The molecule has 110 valence electrons. The summed E-state index contributed by atoms with van der Waals surface area (Å²) in [5.41, 5.74) is 1.34. The van der Waals surface area contributed by atoms with Crippen molar-refractivity contribution < 1.29 is 9.21 Å². The molecule has 3 aromatic rings. The van der Waals surface area contributed by atoms with Crippen LogP contribution in [0.2, 0.25) is 0 Å². The van der Waals surface area contributed by atoms with Gasteiger partial charge in [-0.3, -0.25) is 10.1 Å². The van der Waals surface area contributed by atoms with Gasteiger partial charge in [0.25, 0.3) is 5.91 Å². The number of anilines is 1. The molecule has 0 atom stereocenters. The molecule has 0 aliphatic heterocycles. The van der Waals surface area contributed by atoms with E-state index in [2.05, 4.69) is 54.0 Å². The van der Waals surface area contributed by atoms with Crippen molar-refractivity contribution in [2.24, 2.45) is 0 Å². The Bertz CT molecular complexity index is 818. The van der Waals surface area contributed by atoms with Gasteiger partial charge in [0.15, 0.2) is 0 Å². The quantitative estimate of drug-likeness (QED) is 0.579. The summed E-state index contributed by atoms with van der Waals surface area (Å²) in [6.45, 7) is 0. The van der Waals surface area contributed by atoms with Crippen LogP contribution in [0.5, 0.6) is 0 Å². The lowest BCUT2D eigenvalue weighted by molar-refractivity contribution is 0.102. The molecule has 0 bridgehead atoms. The van der Waals surface area contributed by atoms with Crippen molar-refractivity contribution in [3.8, 4) is 11.5 Å². The lowest BCUT2D eigenvalue weighted by Gasteiger charge is -2.02. The molecule has 0 unspecified atom stereocenters. The van der Waals surface area contributed by atoms with Gasteiger partial charge in [-0.2, -0.15) is 0 Å².